The first kappa shape index (κ1) is 25.2. The molecule has 1 aliphatic heterocycles. The zero-order chi connectivity index (χ0) is 25.8. The summed E-state index contributed by atoms with van der Waals surface area (Å²) in [5, 5.41) is 2.27. The number of hydrogen-bond donors (Lipinski definition) is 1. The molecule has 1 heterocycles. The highest BCUT2D eigenvalue weighted by atomic mass is 79.9. The van der Waals surface area contributed by atoms with E-state index in [9.17, 15) is 14.4 Å². The number of carbonyl (C=O) groups is 3. The first-order valence-electron chi connectivity index (χ1n) is 11.4. The van der Waals surface area contributed by atoms with Gasteiger partial charge in [0.05, 0.1) is 12.3 Å². The van der Waals surface area contributed by atoms with Gasteiger partial charge in [-0.1, -0.05) is 52.3 Å². The predicted molar refractivity (Wildman–Crippen MR) is 141 cm³/mol. The largest absolute Gasteiger partial charge is 0.490 e. The molecule has 1 fully saturated rings. The fraction of sp³-hybridized carbons (Fsp3) is 0.179. The van der Waals surface area contributed by atoms with E-state index < -0.39 is 17.8 Å². The molecule has 8 heteroatoms. The number of barbiturate groups is 1. The van der Waals surface area contributed by atoms with Crippen LogP contribution < -0.4 is 19.7 Å². The Kier molecular flexibility index (Phi) is 7.55. The lowest BCUT2D eigenvalue weighted by atomic mass is 10.0. The highest BCUT2D eigenvalue weighted by Crippen LogP contribution is 2.32. The van der Waals surface area contributed by atoms with Crippen LogP contribution in [0.4, 0.5) is 10.5 Å². The quantitative estimate of drug-likeness (QED) is 0.302. The Morgan fingerprint density at radius 1 is 0.944 bits per heavy atom. The molecule has 1 aliphatic rings. The number of aryl methyl sites for hydroxylation is 1. The molecule has 36 heavy (non-hydrogen) atoms. The van der Waals surface area contributed by atoms with Crippen LogP contribution in [0.25, 0.3) is 6.08 Å². The lowest BCUT2D eigenvalue weighted by Gasteiger charge is -2.28. The molecule has 0 aliphatic carbocycles. The van der Waals surface area contributed by atoms with Gasteiger partial charge in [0.2, 0.25) is 0 Å². The molecule has 184 valence electrons. The van der Waals surface area contributed by atoms with Crippen LogP contribution in [0.15, 0.2) is 70.7 Å². The molecule has 0 radical (unpaired) electrons. The number of halogens is 1. The van der Waals surface area contributed by atoms with Gasteiger partial charge >= 0.3 is 6.03 Å². The number of ether oxygens (including phenoxy) is 2. The number of carbonyl (C=O) groups excluding carboxylic acids is 3. The minimum atomic E-state index is -0.776. The molecule has 0 aromatic heterocycles. The van der Waals surface area contributed by atoms with E-state index in [1.54, 1.807) is 30.3 Å². The number of hydrogen-bond acceptors (Lipinski definition) is 5. The zero-order valence-electron chi connectivity index (χ0n) is 20.1. The molecular formula is C28H25BrN2O5. The predicted octanol–water partition coefficient (Wildman–Crippen LogP) is 5.71. The number of rotatable bonds is 7. The molecule has 4 amide bonds. The molecule has 0 saturated carbocycles. The monoisotopic (exact) mass is 548 g/mol. The van der Waals surface area contributed by atoms with E-state index in [0.29, 0.717) is 36.0 Å². The molecule has 0 unspecified atom stereocenters. The third-order valence-corrected chi connectivity index (χ3v) is 6.61. The van der Waals surface area contributed by atoms with Crippen LogP contribution in [0, 0.1) is 13.8 Å². The van der Waals surface area contributed by atoms with Crippen molar-refractivity contribution < 1.29 is 23.9 Å². The van der Waals surface area contributed by atoms with Gasteiger partial charge in [-0.3, -0.25) is 14.9 Å². The van der Waals surface area contributed by atoms with Crippen molar-refractivity contribution in [1.82, 2.24) is 5.32 Å². The Morgan fingerprint density at radius 3 is 2.47 bits per heavy atom. The minimum absolute atomic E-state index is 0.153. The van der Waals surface area contributed by atoms with Crippen LogP contribution in [0.3, 0.4) is 0 Å². The second kappa shape index (κ2) is 10.8. The number of benzene rings is 3. The maximum absolute atomic E-state index is 13.3. The van der Waals surface area contributed by atoms with Gasteiger partial charge in [-0.2, -0.15) is 0 Å². The van der Waals surface area contributed by atoms with Gasteiger partial charge in [-0.05, 0) is 67.8 Å². The van der Waals surface area contributed by atoms with Crippen molar-refractivity contribution in [3.63, 3.8) is 0 Å². The van der Waals surface area contributed by atoms with Crippen LogP contribution >= 0.6 is 15.9 Å². The number of nitrogens with one attached hydrogen (secondary N) is 1. The summed E-state index contributed by atoms with van der Waals surface area (Å²) in [6, 6.07) is 17.5. The lowest BCUT2D eigenvalue weighted by Crippen LogP contribution is -2.54. The first-order chi connectivity index (χ1) is 17.3. The highest BCUT2D eigenvalue weighted by molar-refractivity contribution is 9.10. The van der Waals surface area contributed by atoms with E-state index in [0.717, 1.165) is 26.1 Å². The van der Waals surface area contributed by atoms with E-state index in [1.807, 2.05) is 51.1 Å². The molecular weight excluding hydrogens is 524 g/mol. The van der Waals surface area contributed by atoms with Gasteiger partial charge in [0.15, 0.2) is 11.5 Å². The normalized spacial score (nSPS) is 14.7. The molecule has 0 bridgehead atoms. The topological polar surface area (TPSA) is 84.9 Å². The summed E-state index contributed by atoms with van der Waals surface area (Å²) in [5.41, 5.74) is 3.52. The Balaban J connectivity index is 1.64. The fourth-order valence-electron chi connectivity index (χ4n) is 3.79. The second-order valence-electron chi connectivity index (χ2n) is 8.20. The SMILES string of the molecule is CCOc1cc(/C=C2\C(=O)NC(=O)N(c3cccc(C)c3C)C2=O)ccc1OCc1ccccc1Br. The number of urea groups is 1. The van der Waals surface area contributed by atoms with Crippen molar-refractivity contribution in [2.45, 2.75) is 27.4 Å². The maximum Gasteiger partial charge on any atom is 0.335 e. The van der Waals surface area contributed by atoms with Gasteiger partial charge in [-0.25, -0.2) is 9.69 Å². The number of amides is 4. The fourth-order valence-corrected chi connectivity index (χ4v) is 4.19. The Hall–Kier alpha value is -3.91. The van der Waals surface area contributed by atoms with Crippen molar-refractivity contribution >= 4 is 45.5 Å². The number of anilines is 1. The molecule has 1 saturated heterocycles. The van der Waals surface area contributed by atoms with Gasteiger partial charge < -0.3 is 9.47 Å². The standard InChI is InChI=1S/C28H25BrN2O5/c1-4-35-25-15-19(12-13-24(25)36-16-20-9-5-6-10-22(20)29)14-21-26(32)30-28(34)31(27(21)33)23-11-7-8-17(2)18(23)3/h5-15H,4,16H2,1-3H3,(H,30,32,34)/b21-14+. The van der Waals surface area contributed by atoms with E-state index in [1.165, 1.54) is 6.08 Å². The van der Waals surface area contributed by atoms with Crippen LogP contribution in [0.5, 0.6) is 11.5 Å². The summed E-state index contributed by atoms with van der Waals surface area (Å²) >= 11 is 3.51. The third-order valence-electron chi connectivity index (χ3n) is 5.84. The summed E-state index contributed by atoms with van der Waals surface area (Å²) in [4.78, 5) is 39.5. The summed E-state index contributed by atoms with van der Waals surface area (Å²) in [7, 11) is 0. The van der Waals surface area contributed by atoms with Gasteiger partial charge in [0, 0.05) is 10.0 Å². The van der Waals surface area contributed by atoms with E-state index in [4.69, 9.17) is 9.47 Å². The van der Waals surface area contributed by atoms with E-state index >= 15 is 0 Å². The van der Waals surface area contributed by atoms with Crippen LogP contribution in [-0.2, 0) is 16.2 Å². The summed E-state index contributed by atoms with van der Waals surface area (Å²) in [5.74, 6) is -0.435. The summed E-state index contributed by atoms with van der Waals surface area (Å²) < 4.78 is 12.7. The zero-order valence-corrected chi connectivity index (χ0v) is 21.7. The molecule has 0 spiro atoms. The average molecular weight is 549 g/mol. The van der Waals surface area contributed by atoms with Gasteiger partial charge in [-0.15, -0.1) is 0 Å². The van der Waals surface area contributed by atoms with Crippen molar-refractivity contribution in [2.75, 3.05) is 11.5 Å². The number of imide groups is 2. The second-order valence-corrected chi connectivity index (χ2v) is 9.05. The molecule has 0 atom stereocenters. The molecule has 3 aromatic rings. The van der Waals surface area contributed by atoms with E-state index in [2.05, 4.69) is 21.2 Å². The number of nitrogens with zero attached hydrogens (tertiary/aromatic N) is 1. The maximum atomic E-state index is 13.3. The van der Waals surface area contributed by atoms with Crippen molar-refractivity contribution in [1.29, 1.82) is 0 Å². The molecule has 7 nitrogen and oxygen atoms in total. The first-order valence-corrected chi connectivity index (χ1v) is 12.2. The molecule has 4 rings (SSSR count). The lowest BCUT2D eigenvalue weighted by molar-refractivity contribution is -0.122. The Bertz CT molecular complexity index is 1380. The smallest absolute Gasteiger partial charge is 0.335 e. The van der Waals surface area contributed by atoms with Gasteiger partial charge in [0.25, 0.3) is 11.8 Å². The average Bonchev–Trinajstić information content (AvgIpc) is 2.85. The Morgan fingerprint density at radius 2 is 1.72 bits per heavy atom. The molecule has 1 N–H and O–H groups in total. The Labute approximate surface area is 217 Å². The van der Waals surface area contributed by atoms with Crippen LogP contribution in [0.2, 0.25) is 0 Å². The molecule has 3 aromatic carbocycles. The summed E-state index contributed by atoms with van der Waals surface area (Å²) in [6.45, 7) is 6.30. The van der Waals surface area contributed by atoms with Crippen molar-refractivity contribution in [3.05, 3.63) is 93.0 Å². The van der Waals surface area contributed by atoms with Gasteiger partial charge in [0.1, 0.15) is 12.2 Å². The minimum Gasteiger partial charge on any atom is -0.490 e. The third kappa shape index (κ3) is 5.18. The highest BCUT2D eigenvalue weighted by Gasteiger charge is 2.37. The summed E-state index contributed by atoms with van der Waals surface area (Å²) in [6.07, 6.45) is 1.45. The van der Waals surface area contributed by atoms with Crippen LogP contribution in [0.1, 0.15) is 29.2 Å². The van der Waals surface area contributed by atoms with Crippen LogP contribution in [-0.4, -0.2) is 24.5 Å². The van der Waals surface area contributed by atoms with Crippen molar-refractivity contribution in [3.8, 4) is 11.5 Å². The van der Waals surface area contributed by atoms with E-state index in [-0.39, 0.29) is 5.57 Å². The van der Waals surface area contributed by atoms with Crippen molar-refractivity contribution in [2.24, 2.45) is 0 Å².